The Morgan fingerprint density at radius 2 is 1.81 bits per heavy atom. The number of alkyl halides is 8. The fraction of sp³-hybridized carbons (Fsp3) is 0.375. The van der Waals surface area contributed by atoms with Gasteiger partial charge in [-0.05, 0) is 6.92 Å². The summed E-state index contributed by atoms with van der Waals surface area (Å²) in [5.41, 5.74) is -5.72. The van der Waals surface area contributed by atoms with Crippen molar-refractivity contribution >= 4 is 23.7 Å². The molecule has 8 nitrogen and oxygen atoms in total. The fourth-order valence-electron chi connectivity index (χ4n) is 2.56. The number of hydrogen-bond acceptors (Lipinski definition) is 6. The van der Waals surface area contributed by atoms with Crippen LogP contribution in [0.5, 0.6) is 0 Å². The van der Waals surface area contributed by atoms with Gasteiger partial charge in [-0.2, -0.15) is 35.1 Å². The van der Waals surface area contributed by atoms with Crippen molar-refractivity contribution in [3.63, 3.8) is 0 Å². The average molecular weight is 475 g/mol. The molecule has 2 rings (SSSR count). The Labute approximate surface area is 172 Å². The number of methoxy groups -OCH3 is 1. The quantitative estimate of drug-likeness (QED) is 0.511. The number of hydrogen-bond donors (Lipinski definition) is 2. The monoisotopic (exact) mass is 475 g/mol. The van der Waals surface area contributed by atoms with Gasteiger partial charge in [0, 0.05) is 29.9 Å². The van der Waals surface area contributed by atoms with E-state index in [2.05, 4.69) is 9.72 Å². The van der Waals surface area contributed by atoms with E-state index in [1.807, 2.05) is 0 Å². The fourth-order valence-corrected chi connectivity index (χ4v) is 2.56. The topological polar surface area (TPSA) is 101 Å². The first-order valence-electron chi connectivity index (χ1n) is 8.26. The smallest absolute Gasteiger partial charge is 0.452 e. The van der Waals surface area contributed by atoms with Crippen molar-refractivity contribution in [2.75, 3.05) is 13.7 Å². The SMILES string of the molecule is COC(=O)n1c(C)cn2c(=O)c(/C(C=N)=C/NCC(F)(F)C(F)(F)F)c(C(F)(F)F)nc12. The molecular weight excluding hydrogens is 462 g/mol. The number of nitrogens with one attached hydrogen (secondary N) is 2. The van der Waals surface area contributed by atoms with Crippen molar-refractivity contribution in [3.05, 3.63) is 39.7 Å². The van der Waals surface area contributed by atoms with Crippen LogP contribution in [0.1, 0.15) is 17.0 Å². The molecule has 0 bridgehead atoms. The van der Waals surface area contributed by atoms with Gasteiger partial charge in [0.25, 0.3) is 5.56 Å². The van der Waals surface area contributed by atoms with E-state index in [1.54, 1.807) is 0 Å². The molecule has 0 radical (unpaired) electrons. The predicted octanol–water partition coefficient (Wildman–Crippen LogP) is 3.22. The summed E-state index contributed by atoms with van der Waals surface area (Å²) in [5.74, 6) is -6.04. The van der Waals surface area contributed by atoms with Crippen molar-refractivity contribution in [3.8, 4) is 0 Å². The number of nitrogens with zero attached hydrogens (tertiary/aromatic N) is 3. The first-order valence-corrected chi connectivity index (χ1v) is 8.26. The van der Waals surface area contributed by atoms with Gasteiger partial charge in [0.2, 0.25) is 5.78 Å². The molecule has 0 amide bonds. The van der Waals surface area contributed by atoms with Crippen molar-refractivity contribution in [2.45, 2.75) is 25.2 Å². The summed E-state index contributed by atoms with van der Waals surface area (Å²) >= 11 is 0. The summed E-state index contributed by atoms with van der Waals surface area (Å²) in [5, 5.41) is 8.71. The maximum Gasteiger partial charge on any atom is 0.455 e. The minimum absolute atomic E-state index is 0.0601. The molecule has 0 spiro atoms. The molecule has 2 N–H and O–H groups in total. The molecule has 0 atom stereocenters. The molecule has 0 unspecified atom stereocenters. The molecule has 0 saturated carbocycles. The molecule has 0 aliphatic rings. The normalized spacial score (nSPS) is 13.4. The van der Waals surface area contributed by atoms with Crippen molar-refractivity contribution in [1.82, 2.24) is 19.3 Å². The largest absolute Gasteiger partial charge is 0.455 e. The molecule has 0 saturated heterocycles. The van der Waals surface area contributed by atoms with E-state index in [0.29, 0.717) is 8.97 Å². The molecule has 0 aliphatic carbocycles. The Bertz CT molecular complexity index is 1140. The molecule has 16 heteroatoms. The predicted molar refractivity (Wildman–Crippen MR) is 92.8 cm³/mol. The lowest BCUT2D eigenvalue weighted by Gasteiger charge is -2.19. The second-order valence-electron chi connectivity index (χ2n) is 6.21. The van der Waals surface area contributed by atoms with Gasteiger partial charge >= 0.3 is 24.4 Å². The minimum Gasteiger partial charge on any atom is -0.452 e. The van der Waals surface area contributed by atoms with Crippen LogP contribution >= 0.6 is 0 Å². The standard InChI is InChI=1S/C16H13F8N5O3/c1-7-5-28-11(30)9(8(3-25)4-26-6-14(17,18)16(22,23)24)10(15(19,20)21)27-12(28)29(7)13(31)32-2/h3-5,25-26H,6H2,1-2H3/b8-4+,25-3?. The lowest BCUT2D eigenvalue weighted by atomic mass is 10.1. The summed E-state index contributed by atoms with van der Waals surface area (Å²) in [6, 6.07) is 0. The third-order valence-electron chi connectivity index (χ3n) is 4.03. The van der Waals surface area contributed by atoms with Gasteiger partial charge in [0.15, 0.2) is 5.69 Å². The maximum absolute atomic E-state index is 13.6. The first kappa shape index (κ1) is 24.8. The average Bonchev–Trinajstić information content (AvgIpc) is 3.00. The zero-order chi connectivity index (χ0) is 24.6. The number of imidazole rings is 1. The number of allylic oxidation sites excluding steroid dienone is 1. The summed E-state index contributed by atoms with van der Waals surface area (Å²) in [4.78, 5) is 27.9. The van der Waals surface area contributed by atoms with Gasteiger partial charge in [0.05, 0.1) is 19.2 Å². The highest BCUT2D eigenvalue weighted by Gasteiger charge is 2.57. The minimum atomic E-state index is -5.94. The number of carbonyl (C=O) groups excluding carboxylic acids is 1. The van der Waals surface area contributed by atoms with Gasteiger partial charge in [-0.1, -0.05) is 0 Å². The number of aromatic nitrogens is 3. The third-order valence-corrected chi connectivity index (χ3v) is 4.03. The number of ether oxygens (including phenoxy) is 1. The van der Waals surface area contributed by atoms with Crippen LogP contribution < -0.4 is 10.9 Å². The van der Waals surface area contributed by atoms with Gasteiger partial charge in [-0.25, -0.2) is 14.3 Å². The summed E-state index contributed by atoms with van der Waals surface area (Å²) in [7, 11) is 0.924. The summed E-state index contributed by atoms with van der Waals surface area (Å²) < 4.78 is 109. The van der Waals surface area contributed by atoms with Gasteiger partial charge in [0.1, 0.15) is 0 Å². The Balaban J connectivity index is 2.73. The Kier molecular flexibility index (Phi) is 6.38. The Morgan fingerprint density at radius 3 is 2.28 bits per heavy atom. The molecule has 0 aromatic carbocycles. The lowest BCUT2D eigenvalue weighted by molar-refractivity contribution is -0.278. The highest BCUT2D eigenvalue weighted by molar-refractivity contribution is 6.08. The highest BCUT2D eigenvalue weighted by atomic mass is 19.4. The van der Waals surface area contributed by atoms with Crippen molar-refractivity contribution < 1.29 is 44.7 Å². The number of fused-ring (bicyclic) bond motifs is 1. The van der Waals surface area contributed by atoms with Crippen LogP contribution in [0, 0.1) is 12.3 Å². The molecule has 176 valence electrons. The third kappa shape index (κ3) is 4.43. The zero-order valence-corrected chi connectivity index (χ0v) is 16.0. The van der Waals surface area contributed by atoms with E-state index in [4.69, 9.17) is 5.41 Å². The highest BCUT2D eigenvalue weighted by Crippen LogP contribution is 2.35. The van der Waals surface area contributed by atoms with E-state index >= 15 is 0 Å². The van der Waals surface area contributed by atoms with Crippen LogP contribution in [0.4, 0.5) is 39.9 Å². The van der Waals surface area contributed by atoms with Gasteiger partial charge < -0.3 is 15.5 Å². The lowest BCUT2D eigenvalue weighted by Crippen LogP contribution is -2.44. The molecular formula is C16H13F8N5O3. The summed E-state index contributed by atoms with van der Waals surface area (Å²) in [6.07, 6.45) is -11.1. The Hall–Kier alpha value is -3.46. The van der Waals surface area contributed by atoms with Gasteiger partial charge in [-0.15, -0.1) is 0 Å². The zero-order valence-electron chi connectivity index (χ0n) is 16.0. The van der Waals surface area contributed by atoms with Crippen LogP contribution in [0.2, 0.25) is 0 Å². The second kappa shape index (κ2) is 8.23. The van der Waals surface area contributed by atoms with Gasteiger partial charge in [-0.3, -0.25) is 9.20 Å². The maximum atomic E-state index is 13.6. The molecule has 0 fully saturated rings. The number of halogens is 8. The van der Waals surface area contributed by atoms with E-state index in [1.165, 1.54) is 12.2 Å². The molecule has 2 aromatic heterocycles. The van der Waals surface area contributed by atoms with E-state index < -0.39 is 59.1 Å². The second-order valence-corrected chi connectivity index (χ2v) is 6.21. The van der Waals surface area contributed by atoms with Crippen molar-refractivity contribution in [2.24, 2.45) is 0 Å². The number of aryl methyl sites for hydroxylation is 1. The number of carbonyl (C=O) groups is 1. The van der Waals surface area contributed by atoms with Crippen LogP contribution in [0.25, 0.3) is 11.4 Å². The van der Waals surface area contributed by atoms with E-state index in [0.717, 1.165) is 13.3 Å². The molecule has 2 heterocycles. The van der Waals surface area contributed by atoms with Crippen LogP contribution in [0.15, 0.2) is 17.2 Å². The van der Waals surface area contributed by atoms with Crippen LogP contribution in [0.3, 0.4) is 0 Å². The van der Waals surface area contributed by atoms with Crippen LogP contribution in [-0.2, 0) is 10.9 Å². The van der Waals surface area contributed by atoms with E-state index in [-0.39, 0.29) is 18.1 Å². The summed E-state index contributed by atoms with van der Waals surface area (Å²) in [6.45, 7) is -0.823. The Morgan fingerprint density at radius 1 is 1.22 bits per heavy atom. The van der Waals surface area contributed by atoms with Crippen LogP contribution in [-0.4, -0.2) is 52.0 Å². The first-order chi connectivity index (χ1) is 14.6. The van der Waals surface area contributed by atoms with E-state index in [9.17, 15) is 44.7 Å². The molecule has 0 aliphatic heterocycles. The number of rotatable bonds is 5. The van der Waals surface area contributed by atoms with Crippen molar-refractivity contribution in [1.29, 1.82) is 5.41 Å². The molecule has 32 heavy (non-hydrogen) atoms. The molecule has 2 aromatic rings.